The summed E-state index contributed by atoms with van der Waals surface area (Å²) < 4.78 is 5.30. The van der Waals surface area contributed by atoms with Gasteiger partial charge >= 0.3 is 5.97 Å². The minimum atomic E-state index is -0.355. The number of esters is 1. The molecule has 24 heavy (non-hydrogen) atoms. The third-order valence-corrected chi connectivity index (χ3v) is 4.19. The molecule has 0 aliphatic rings. The second kappa shape index (κ2) is 15.8. The van der Waals surface area contributed by atoms with Crippen LogP contribution in [0, 0.1) is 0 Å². The van der Waals surface area contributed by atoms with Crippen LogP contribution < -0.4 is 0 Å². The summed E-state index contributed by atoms with van der Waals surface area (Å²) in [4.78, 5) is 11.6. The molecule has 0 aromatic rings. The SMILES string of the molecule is CCCCC/C=C\S/C=C\CCCCCCCC(=O)OC(C)(C)C. The van der Waals surface area contributed by atoms with Crippen LogP contribution in [0.1, 0.15) is 98.3 Å². The number of thioether (sulfide) groups is 1. The summed E-state index contributed by atoms with van der Waals surface area (Å²) in [5.74, 6) is -0.0646. The van der Waals surface area contributed by atoms with Crippen molar-refractivity contribution in [2.24, 2.45) is 0 Å². The Bertz CT molecular complexity index is 353. The van der Waals surface area contributed by atoms with Gasteiger partial charge in [-0.3, -0.25) is 4.79 Å². The molecule has 0 unspecified atom stereocenters. The van der Waals surface area contributed by atoms with E-state index in [4.69, 9.17) is 4.74 Å². The first kappa shape index (κ1) is 23.3. The van der Waals surface area contributed by atoms with Crippen molar-refractivity contribution in [1.29, 1.82) is 0 Å². The Balaban J connectivity index is 3.33. The van der Waals surface area contributed by atoms with Crippen LogP contribution in [-0.4, -0.2) is 11.6 Å². The highest BCUT2D eigenvalue weighted by Crippen LogP contribution is 2.13. The predicted octanol–water partition coefficient (Wildman–Crippen LogP) is 7.40. The zero-order valence-corrected chi connectivity index (χ0v) is 17.1. The van der Waals surface area contributed by atoms with E-state index in [2.05, 4.69) is 29.9 Å². The lowest BCUT2D eigenvalue weighted by molar-refractivity contribution is -0.154. The zero-order chi connectivity index (χ0) is 18.1. The van der Waals surface area contributed by atoms with Gasteiger partial charge in [-0.1, -0.05) is 51.2 Å². The molecule has 0 aromatic heterocycles. The van der Waals surface area contributed by atoms with Crippen molar-refractivity contribution in [3.8, 4) is 0 Å². The Kier molecular flexibility index (Phi) is 15.3. The average Bonchev–Trinajstić information content (AvgIpc) is 2.49. The second-order valence-corrected chi connectivity index (χ2v) is 8.08. The molecule has 0 aromatic carbocycles. The number of rotatable bonds is 14. The zero-order valence-electron chi connectivity index (χ0n) is 16.3. The summed E-state index contributed by atoms with van der Waals surface area (Å²) in [5.41, 5.74) is -0.355. The number of carbonyl (C=O) groups excluding carboxylic acids is 1. The molecule has 0 heterocycles. The largest absolute Gasteiger partial charge is 0.460 e. The molecule has 0 radical (unpaired) electrons. The lowest BCUT2D eigenvalue weighted by Gasteiger charge is -2.19. The van der Waals surface area contributed by atoms with Crippen LogP contribution in [0.2, 0.25) is 0 Å². The Labute approximate surface area is 154 Å². The van der Waals surface area contributed by atoms with Crippen LogP contribution in [0.5, 0.6) is 0 Å². The van der Waals surface area contributed by atoms with Crippen LogP contribution in [0.4, 0.5) is 0 Å². The lowest BCUT2D eigenvalue weighted by atomic mass is 10.1. The molecule has 2 nitrogen and oxygen atoms in total. The summed E-state index contributed by atoms with van der Waals surface area (Å²) in [6, 6.07) is 0. The third kappa shape index (κ3) is 19.3. The van der Waals surface area contributed by atoms with Crippen molar-refractivity contribution in [2.45, 2.75) is 104 Å². The van der Waals surface area contributed by atoms with Crippen LogP contribution >= 0.6 is 11.8 Å². The second-order valence-electron chi connectivity index (χ2n) is 7.27. The van der Waals surface area contributed by atoms with Crippen molar-refractivity contribution < 1.29 is 9.53 Å². The van der Waals surface area contributed by atoms with E-state index >= 15 is 0 Å². The van der Waals surface area contributed by atoms with Crippen molar-refractivity contribution in [2.75, 3.05) is 0 Å². The molecular formula is C21H38O2S. The minimum Gasteiger partial charge on any atom is -0.460 e. The summed E-state index contributed by atoms with van der Waals surface area (Å²) in [6.07, 6.45) is 17.2. The first-order chi connectivity index (χ1) is 11.5. The quantitative estimate of drug-likeness (QED) is 0.240. The fourth-order valence-electron chi connectivity index (χ4n) is 2.26. The molecule has 0 rings (SSSR count). The number of carbonyl (C=O) groups is 1. The van der Waals surface area contributed by atoms with Gasteiger partial charge in [-0.25, -0.2) is 0 Å². The maximum absolute atomic E-state index is 11.6. The van der Waals surface area contributed by atoms with Crippen molar-refractivity contribution >= 4 is 17.7 Å². The van der Waals surface area contributed by atoms with E-state index in [9.17, 15) is 4.79 Å². The van der Waals surface area contributed by atoms with Gasteiger partial charge in [-0.05, 0) is 63.7 Å². The standard InChI is InChI=1S/C21H38O2S/c1-5-6-7-12-15-18-24-19-16-13-10-8-9-11-14-17-20(22)23-21(2,3)4/h15-16,18-19H,5-14,17H2,1-4H3/b18-15-,19-16-. The lowest BCUT2D eigenvalue weighted by Crippen LogP contribution is -2.23. The summed E-state index contributed by atoms with van der Waals surface area (Å²) in [6.45, 7) is 7.99. The van der Waals surface area contributed by atoms with Crippen molar-refractivity contribution in [1.82, 2.24) is 0 Å². The summed E-state index contributed by atoms with van der Waals surface area (Å²) in [5, 5.41) is 4.39. The number of unbranched alkanes of at least 4 members (excludes halogenated alkanes) is 8. The molecule has 0 saturated carbocycles. The highest BCUT2D eigenvalue weighted by Gasteiger charge is 2.15. The molecule has 0 aliphatic heterocycles. The molecule has 0 spiro atoms. The van der Waals surface area contributed by atoms with E-state index in [-0.39, 0.29) is 11.6 Å². The van der Waals surface area contributed by atoms with Gasteiger partial charge in [0.25, 0.3) is 0 Å². The Morgan fingerprint density at radius 2 is 1.42 bits per heavy atom. The van der Waals surface area contributed by atoms with Crippen LogP contribution in [0.3, 0.4) is 0 Å². The van der Waals surface area contributed by atoms with E-state index in [1.54, 1.807) is 11.8 Å². The highest BCUT2D eigenvalue weighted by molar-refractivity contribution is 8.04. The normalized spacial score (nSPS) is 12.3. The molecule has 0 amide bonds. The maximum Gasteiger partial charge on any atom is 0.306 e. The summed E-state index contributed by atoms with van der Waals surface area (Å²) in [7, 11) is 0. The monoisotopic (exact) mass is 354 g/mol. The molecule has 0 saturated heterocycles. The Morgan fingerprint density at radius 1 is 0.875 bits per heavy atom. The number of hydrogen-bond donors (Lipinski definition) is 0. The Hall–Kier alpha value is -0.700. The van der Waals surface area contributed by atoms with Crippen LogP contribution in [0.15, 0.2) is 23.0 Å². The average molecular weight is 355 g/mol. The van der Waals surface area contributed by atoms with Gasteiger partial charge in [0.15, 0.2) is 0 Å². The number of ether oxygens (including phenoxy) is 1. The van der Waals surface area contributed by atoms with Crippen molar-refractivity contribution in [3.63, 3.8) is 0 Å². The maximum atomic E-state index is 11.6. The molecule has 0 fully saturated rings. The first-order valence-electron chi connectivity index (χ1n) is 9.63. The first-order valence-corrected chi connectivity index (χ1v) is 10.6. The van der Waals surface area contributed by atoms with Crippen molar-refractivity contribution in [3.05, 3.63) is 23.0 Å². The van der Waals surface area contributed by atoms with E-state index in [1.807, 2.05) is 20.8 Å². The van der Waals surface area contributed by atoms with Gasteiger partial charge in [0.2, 0.25) is 0 Å². The molecule has 3 heteroatoms. The van der Waals surface area contributed by atoms with Gasteiger partial charge in [-0.15, -0.1) is 11.8 Å². The van der Waals surface area contributed by atoms with E-state index in [1.165, 1.54) is 44.9 Å². The molecular weight excluding hydrogens is 316 g/mol. The number of hydrogen-bond acceptors (Lipinski definition) is 3. The third-order valence-electron chi connectivity index (χ3n) is 3.50. The fourth-order valence-corrected chi connectivity index (χ4v) is 2.84. The highest BCUT2D eigenvalue weighted by atomic mass is 32.2. The fraction of sp³-hybridized carbons (Fsp3) is 0.762. The molecule has 140 valence electrons. The van der Waals surface area contributed by atoms with Gasteiger partial charge in [0.1, 0.15) is 5.60 Å². The van der Waals surface area contributed by atoms with E-state index in [0.717, 1.165) is 19.3 Å². The minimum absolute atomic E-state index is 0.0646. The van der Waals surface area contributed by atoms with E-state index < -0.39 is 0 Å². The molecule has 0 atom stereocenters. The predicted molar refractivity (Wildman–Crippen MR) is 108 cm³/mol. The topological polar surface area (TPSA) is 26.3 Å². The van der Waals surface area contributed by atoms with Gasteiger partial charge < -0.3 is 4.74 Å². The van der Waals surface area contributed by atoms with E-state index in [0.29, 0.717) is 6.42 Å². The molecule has 0 bridgehead atoms. The van der Waals surface area contributed by atoms with Gasteiger partial charge in [0.05, 0.1) is 0 Å². The Morgan fingerprint density at radius 3 is 2.00 bits per heavy atom. The smallest absolute Gasteiger partial charge is 0.306 e. The molecule has 0 aliphatic carbocycles. The van der Waals surface area contributed by atoms with Gasteiger partial charge in [0, 0.05) is 6.42 Å². The summed E-state index contributed by atoms with van der Waals surface area (Å²) >= 11 is 1.78. The van der Waals surface area contributed by atoms with Crippen LogP contribution in [0.25, 0.3) is 0 Å². The molecule has 0 N–H and O–H groups in total. The van der Waals surface area contributed by atoms with Crippen LogP contribution in [-0.2, 0) is 9.53 Å². The van der Waals surface area contributed by atoms with Gasteiger partial charge in [-0.2, -0.15) is 0 Å². The number of allylic oxidation sites excluding steroid dienone is 2.